The van der Waals surface area contributed by atoms with E-state index in [0.29, 0.717) is 19.8 Å². The molecule has 0 aliphatic carbocycles. The number of ether oxygens (including phenoxy) is 1. The lowest BCUT2D eigenvalue weighted by atomic mass is 10.1. The first-order valence-electron chi connectivity index (χ1n) is 5.12. The van der Waals surface area contributed by atoms with E-state index in [1.54, 1.807) is 0 Å². The molecule has 15 heavy (non-hydrogen) atoms. The number of benzene rings is 1. The molecular weight excluding hydrogens is 190 g/mol. The van der Waals surface area contributed by atoms with Crippen LogP contribution in [0.4, 0.5) is 0 Å². The van der Waals surface area contributed by atoms with Gasteiger partial charge in [-0.25, -0.2) is 0 Å². The lowest BCUT2D eigenvalue weighted by molar-refractivity contribution is 0.119. The zero-order valence-corrected chi connectivity index (χ0v) is 8.82. The van der Waals surface area contributed by atoms with Crippen molar-refractivity contribution in [3.63, 3.8) is 0 Å². The highest BCUT2D eigenvalue weighted by Gasteiger charge is 2.03. The van der Waals surface area contributed by atoms with E-state index < -0.39 is 0 Å². The quantitative estimate of drug-likeness (QED) is 0.833. The largest absolute Gasteiger partial charge is 0.459 e. The van der Waals surface area contributed by atoms with E-state index in [4.69, 9.17) is 14.9 Å². The molecule has 0 saturated heterocycles. The fourth-order valence-corrected chi connectivity index (χ4v) is 1.55. The van der Waals surface area contributed by atoms with Gasteiger partial charge in [0.2, 0.25) is 0 Å². The number of fused-ring (bicyclic) bond motifs is 1. The van der Waals surface area contributed by atoms with Gasteiger partial charge in [-0.05, 0) is 30.7 Å². The molecule has 0 radical (unpaired) electrons. The van der Waals surface area contributed by atoms with Crippen LogP contribution in [0.15, 0.2) is 28.7 Å². The van der Waals surface area contributed by atoms with Gasteiger partial charge in [-0.3, -0.25) is 0 Å². The normalized spacial score (nSPS) is 11.1. The number of furan rings is 1. The highest BCUT2D eigenvalue weighted by Crippen LogP contribution is 2.21. The number of hydrogen-bond donors (Lipinski definition) is 1. The van der Waals surface area contributed by atoms with Crippen LogP contribution in [0.1, 0.15) is 18.2 Å². The van der Waals surface area contributed by atoms with E-state index in [1.807, 2.05) is 31.2 Å². The Morgan fingerprint density at radius 3 is 2.93 bits per heavy atom. The SMILES string of the molecule is CCOCc1cc2cc(CN)ccc2o1. The first-order chi connectivity index (χ1) is 7.33. The second-order valence-corrected chi connectivity index (χ2v) is 3.43. The predicted molar refractivity (Wildman–Crippen MR) is 59.4 cm³/mol. The highest BCUT2D eigenvalue weighted by atomic mass is 16.5. The summed E-state index contributed by atoms with van der Waals surface area (Å²) in [5.41, 5.74) is 7.58. The van der Waals surface area contributed by atoms with E-state index in [1.165, 1.54) is 0 Å². The second-order valence-electron chi connectivity index (χ2n) is 3.43. The van der Waals surface area contributed by atoms with Crippen LogP contribution in [-0.2, 0) is 17.9 Å². The summed E-state index contributed by atoms with van der Waals surface area (Å²) in [5.74, 6) is 0.862. The zero-order valence-electron chi connectivity index (χ0n) is 8.82. The Morgan fingerprint density at radius 1 is 1.33 bits per heavy atom. The highest BCUT2D eigenvalue weighted by molar-refractivity contribution is 5.78. The Morgan fingerprint density at radius 2 is 2.20 bits per heavy atom. The molecule has 1 aromatic carbocycles. The Hall–Kier alpha value is -1.32. The summed E-state index contributed by atoms with van der Waals surface area (Å²) >= 11 is 0. The van der Waals surface area contributed by atoms with Gasteiger partial charge in [0.15, 0.2) is 0 Å². The topological polar surface area (TPSA) is 48.4 Å². The average Bonchev–Trinajstić information content (AvgIpc) is 2.67. The Balaban J connectivity index is 2.29. The Kier molecular flexibility index (Phi) is 3.04. The Labute approximate surface area is 88.8 Å². The van der Waals surface area contributed by atoms with Crippen molar-refractivity contribution in [1.29, 1.82) is 0 Å². The van der Waals surface area contributed by atoms with Gasteiger partial charge in [0.05, 0.1) is 0 Å². The molecule has 0 fully saturated rings. The molecule has 0 spiro atoms. The van der Waals surface area contributed by atoms with Gasteiger partial charge < -0.3 is 14.9 Å². The monoisotopic (exact) mass is 205 g/mol. The van der Waals surface area contributed by atoms with Crippen molar-refractivity contribution in [2.75, 3.05) is 6.61 Å². The van der Waals surface area contributed by atoms with E-state index >= 15 is 0 Å². The fraction of sp³-hybridized carbons (Fsp3) is 0.333. The molecule has 0 aliphatic rings. The maximum Gasteiger partial charge on any atom is 0.134 e. The maximum atomic E-state index is 5.60. The lowest BCUT2D eigenvalue weighted by Crippen LogP contribution is -1.94. The van der Waals surface area contributed by atoms with Crippen LogP contribution in [0.2, 0.25) is 0 Å². The summed E-state index contributed by atoms with van der Waals surface area (Å²) in [6, 6.07) is 7.99. The van der Waals surface area contributed by atoms with Gasteiger partial charge >= 0.3 is 0 Å². The van der Waals surface area contributed by atoms with Crippen molar-refractivity contribution >= 4 is 11.0 Å². The summed E-state index contributed by atoms with van der Waals surface area (Å²) in [5, 5.41) is 1.09. The van der Waals surface area contributed by atoms with Crippen molar-refractivity contribution in [3.05, 3.63) is 35.6 Å². The van der Waals surface area contributed by atoms with E-state index in [2.05, 4.69) is 0 Å². The van der Waals surface area contributed by atoms with Gasteiger partial charge in [0, 0.05) is 18.5 Å². The molecule has 3 heteroatoms. The molecule has 0 aliphatic heterocycles. The molecule has 1 aromatic heterocycles. The predicted octanol–water partition coefficient (Wildman–Crippen LogP) is 2.43. The van der Waals surface area contributed by atoms with Crippen molar-refractivity contribution in [3.8, 4) is 0 Å². The third-order valence-corrected chi connectivity index (χ3v) is 2.32. The van der Waals surface area contributed by atoms with Crippen LogP contribution in [0.3, 0.4) is 0 Å². The molecule has 0 unspecified atom stereocenters. The molecule has 2 aromatic rings. The molecule has 1 heterocycles. The van der Waals surface area contributed by atoms with Gasteiger partial charge in [-0.15, -0.1) is 0 Å². The minimum atomic E-state index is 0.531. The maximum absolute atomic E-state index is 5.60. The Bertz CT molecular complexity index is 448. The fourth-order valence-electron chi connectivity index (χ4n) is 1.55. The van der Waals surface area contributed by atoms with Crippen molar-refractivity contribution < 1.29 is 9.15 Å². The van der Waals surface area contributed by atoms with E-state index in [-0.39, 0.29) is 0 Å². The summed E-state index contributed by atoms with van der Waals surface area (Å²) in [6.45, 7) is 3.76. The molecule has 80 valence electrons. The van der Waals surface area contributed by atoms with Crippen LogP contribution >= 0.6 is 0 Å². The molecule has 2 N–H and O–H groups in total. The zero-order chi connectivity index (χ0) is 10.7. The van der Waals surface area contributed by atoms with Crippen molar-refractivity contribution in [1.82, 2.24) is 0 Å². The van der Waals surface area contributed by atoms with Crippen LogP contribution in [0.25, 0.3) is 11.0 Å². The van der Waals surface area contributed by atoms with E-state index in [9.17, 15) is 0 Å². The van der Waals surface area contributed by atoms with Gasteiger partial charge in [-0.2, -0.15) is 0 Å². The van der Waals surface area contributed by atoms with Gasteiger partial charge in [-0.1, -0.05) is 6.07 Å². The summed E-state index contributed by atoms with van der Waals surface area (Å²) < 4.78 is 10.9. The lowest BCUT2D eigenvalue weighted by Gasteiger charge is -1.94. The second kappa shape index (κ2) is 4.47. The molecule has 0 amide bonds. The van der Waals surface area contributed by atoms with Crippen LogP contribution < -0.4 is 5.73 Å². The van der Waals surface area contributed by atoms with Gasteiger partial charge in [0.25, 0.3) is 0 Å². The third kappa shape index (κ3) is 2.19. The number of hydrogen-bond acceptors (Lipinski definition) is 3. The average molecular weight is 205 g/mol. The van der Waals surface area contributed by atoms with Gasteiger partial charge in [0.1, 0.15) is 18.0 Å². The smallest absolute Gasteiger partial charge is 0.134 e. The number of rotatable bonds is 4. The molecule has 3 nitrogen and oxygen atoms in total. The van der Waals surface area contributed by atoms with Crippen molar-refractivity contribution in [2.24, 2.45) is 5.73 Å². The number of nitrogens with two attached hydrogens (primary N) is 1. The summed E-state index contributed by atoms with van der Waals surface area (Å²) in [4.78, 5) is 0. The van der Waals surface area contributed by atoms with Crippen molar-refractivity contribution in [2.45, 2.75) is 20.1 Å². The molecular formula is C12H15NO2. The summed E-state index contributed by atoms with van der Waals surface area (Å²) in [7, 11) is 0. The van der Waals surface area contributed by atoms with E-state index in [0.717, 1.165) is 22.3 Å². The van der Waals surface area contributed by atoms with Crippen LogP contribution in [0.5, 0.6) is 0 Å². The molecule has 0 atom stereocenters. The standard InChI is InChI=1S/C12H15NO2/c1-2-14-8-11-6-10-5-9(7-13)3-4-12(10)15-11/h3-6H,2,7-8,13H2,1H3. The first kappa shape index (κ1) is 10.2. The minimum Gasteiger partial charge on any atom is -0.459 e. The van der Waals surface area contributed by atoms with Crippen LogP contribution in [-0.4, -0.2) is 6.61 Å². The molecule has 2 rings (SSSR count). The minimum absolute atomic E-state index is 0.531. The molecule has 0 saturated carbocycles. The summed E-state index contributed by atoms with van der Waals surface area (Å²) in [6.07, 6.45) is 0. The first-order valence-corrected chi connectivity index (χ1v) is 5.12. The van der Waals surface area contributed by atoms with Crippen LogP contribution in [0, 0.1) is 0 Å². The third-order valence-electron chi connectivity index (χ3n) is 2.32. The molecule has 0 bridgehead atoms.